The Balaban J connectivity index is 2.10. The SMILES string of the molecule is NNc1ncc(Br)cc1C(=O)NCc1cccnn1. The van der Waals surface area contributed by atoms with Gasteiger partial charge in [0.2, 0.25) is 0 Å². The first-order valence-corrected chi connectivity index (χ1v) is 6.17. The number of carbonyl (C=O) groups excluding carboxylic acids is 1. The van der Waals surface area contributed by atoms with Gasteiger partial charge in [-0.2, -0.15) is 10.2 Å². The van der Waals surface area contributed by atoms with Crippen molar-refractivity contribution in [3.8, 4) is 0 Å². The summed E-state index contributed by atoms with van der Waals surface area (Å²) in [4.78, 5) is 16.0. The van der Waals surface area contributed by atoms with Crippen molar-refractivity contribution in [2.75, 3.05) is 5.43 Å². The zero-order valence-electron chi connectivity index (χ0n) is 9.80. The first-order chi connectivity index (χ1) is 9.20. The van der Waals surface area contributed by atoms with Gasteiger partial charge in [0.05, 0.1) is 17.8 Å². The first-order valence-electron chi connectivity index (χ1n) is 5.37. The Morgan fingerprint density at radius 1 is 1.47 bits per heavy atom. The Hall–Kier alpha value is -2.06. The minimum absolute atomic E-state index is 0.281. The van der Waals surface area contributed by atoms with E-state index in [4.69, 9.17) is 5.84 Å². The fraction of sp³-hybridized carbons (Fsp3) is 0.0909. The average molecular weight is 323 g/mol. The van der Waals surface area contributed by atoms with Crippen molar-refractivity contribution in [1.29, 1.82) is 0 Å². The first kappa shape index (κ1) is 13.4. The number of anilines is 1. The molecule has 0 aliphatic rings. The summed E-state index contributed by atoms with van der Waals surface area (Å²) in [6.45, 7) is 0.281. The zero-order valence-corrected chi connectivity index (χ0v) is 11.4. The van der Waals surface area contributed by atoms with Crippen LogP contribution in [-0.2, 0) is 6.54 Å². The summed E-state index contributed by atoms with van der Waals surface area (Å²) in [5.41, 5.74) is 3.40. The minimum atomic E-state index is -0.299. The van der Waals surface area contributed by atoms with Crippen LogP contribution in [0.4, 0.5) is 5.82 Å². The van der Waals surface area contributed by atoms with Gasteiger partial charge in [0, 0.05) is 16.9 Å². The molecule has 0 unspecified atom stereocenters. The highest BCUT2D eigenvalue weighted by molar-refractivity contribution is 9.10. The molecule has 0 aromatic carbocycles. The molecule has 2 heterocycles. The molecule has 98 valence electrons. The van der Waals surface area contributed by atoms with Crippen LogP contribution in [0.5, 0.6) is 0 Å². The van der Waals surface area contributed by atoms with Gasteiger partial charge in [0.1, 0.15) is 0 Å². The van der Waals surface area contributed by atoms with Crippen LogP contribution < -0.4 is 16.6 Å². The van der Waals surface area contributed by atoms with E-state index in [2.05, 4.69) is 41.9 Å². The molecule has 2 aromatic rings. The van der Waals surface area contributed by atoms with E-state index in [-0.39, 0.29) is 12.5 Å². The number of nitrogens with one attached hydrogen (secondary N) is 2. The molecule has 2 rings (SSSR count). The standard InChI is InChI=1S/C11H11BrN6O/c12-7-4-9(10(17-13)14-5-7)11(19)15-6-8-2-1-3-16-18-8/h1-5H,6,13H2,(H,14,17)(H,15,19). The van der Waals surface area contributed by atoms with Crippen LogP contribution in [-0.4, -0.2) is 21.1 Å². The number of rotatable bonds is 4. The molecule has 7 nitrogen and oxygen atoms in total. The Bertz CT molecular complexity index is 577. The van der Waals surface area contributed by atoms with Gasteiger partial charge in [-0.3, -0.25) is 4.79 Å². The van der Waals surface area contributed by atoms with Gasteiger partial charge >= 0.3 is 0 Å². The third-order valence-electron chi connectivity index (χ3n) is 2.29. The maximum Gasteiger partial charge on any atom is 0.255 e. The fourth-order valence-electron chi connectivity index (χ4n) is 1.42. The van der Waals surface area contributed by atoms with Gasteiger partial charge in [-0.05, 0) is 34.1 Å². The molecule has 0 bridgehead atoms. The fourth-order valence-corrected chi connectivity index (χ4v) is 1.75. The summed E-state index contributed by atoms with van der Waals surface area (Å²) in [6.07, 6.45) is 3.12. The molecular weight excluding hydrogens is 312 g/mol. The monoisotopic (exact) mass is 322 g/mol. The second-order valence-corrected chi connectivity index (χ2v) is 4.51. The number of nitrogens with zero attached hydrogens (tertiary/aromatic N) is 3. The van der Waals surface area contributed by atoms with Crippen LogP contribution in [0.3, 0.4) is 0 Å². The van der Waals surface area contributed by atoms with E-state index in [0.717, 1.165) is 0 Å². The predicted molar refractivity (Wildman–Crippen MR) is 72.9 cm³/mol. The lowest BCUT2D eigenvalue weighted by atomic mass is 10.2. The molecule has 0 atom stereocenters. The number of halogens is 1. The summed E-state index contributed by atoms with van der Waals surface area (Å²) in [5, 5.41) is 10.3. The number of hydrogen-bond acceptors (Lipinski definition) is 6. The number of hydrogen-bond donors (Lipinski definition) is 3. The van der Waals surface area contributed by atoms with Crippen LogP contribution in [0.2, 0.25) is 0 Å². The van der Waals surface area contributed by atoms with Crippen molar-refractivity contribution < 1.29 is 4.79 Å². The number of nitrogens with two attached hydrogens (primary N) is 1. The molecule has 1 amide bonds. The van der Waals surface area contributed by atoms with E-state index >= 15 is 0 Å². The molecule has 0 aliphatic carbocycles. The van der Waals surface area contributed by atoms with E-state index in [1.165, 1.54) is 0 Å². The van der Waals surface area contributed by atoms with Gasteiger partial charge in [-0.25, -0.2) is 10.8 Å². The summed E-state index contributed by atoms with van der Waals surface area (Å²) in [7, 11) is 0. The molecule has 0 spiro atoms. The number of pyridine rings is 1. The highest BCUT2D eigenvalue weighted by atomic mass is 79.9. The minimum Gasteiger partial charge on any atom is -0.346 e. The number of nitrogen functional groups attached to an aromatic ring is 1. The van der Waals surface area contributed by atoms with Crippen molar-refractivity contribution >= 4 is 27.7 Å². The van der Waals surface area contributed by atoms with Crippen molar-refractivity contribution in [3.05, 3.63) is 46.3 Å². The van der Waals surface area contributed by atoms with Crippen LogP contribution >= 0.6 is 15.9 Å². The Labute approximate surface area is 117 Å². The molecule has 4 N–H and O–H groups in total. The van der Waals surface area contributed by atoms with Gasteiger partial charge in [-0.15, -0.1) is 0 Å². The quantitative estimate of drug-likeness (QED) is 0.569. The van der Waals surface area contributed by atoms with Crippen molar-refractivity contribution in [3.63, 3.8) is 0 Å². The van der Waals surface area contributed by atoms with Crippen LogP contribution in [0.15, 0.2) is 35.1 Å². The predicted octanol–water partition coefficient (Wildman–Crippen LogP) is 0.850. The highest BCUT2D eigenvalue weighted by Crippen LogP contribution is 2.17. The molecule has 8 heteroatoms. The topological polar surface area (TPSA) is 106 Å². The van der Waals surface area contributed by atoms with Gasteiger partial charge in [0.15, 0.2) is 5.82 Å². The Kier molecular flexibility index (Phi) is 4.37. The van der Waals surface area contributed by atoms with Crippen LogP contribution in [0.25, 0.3) is 0 Å². The number of hydrazine groups is 1. The molecule has 0 saturated heterocycles. The maximum absolute atomic E-state index is 12.0. The van der Waals surface area contributed by atoms with Crippen LogP contribution in [0.1, 0.15) is 16.1 Å². The molecule has 0 saturated carbocycles. The number of amides is 1. The van der Waals surface area contributed by atoms with Crippen molar-refractivity contribution in [1.82, 2.24) is 20.5 Å². The zero-order chi connectivity index (χ0) is 13.7. The van der Waals surface area contributed by atoms with Gasteiger partial charge < -0.3 is 10.7 Å². The molecule has 0 aliphatic heterocycles. The summed E-state index contributed by atoms with van der Waals surface area (Å²) >= 11 is 3.26. The average Bonchev–Trinajstić information content (AvgIpc) is 2.46. The number of carbonyl (C=O) groups is 1. The molecule has 19 heavy (non-hydrogen) atoms. The summed E-state index contributed by atoms with van der Waals surface area (Å²) in [5.74, 6) is 5.32. The van der Waals surface area contributed by atoms with E-state index in [1.807, 2.05) is 0 Å². The van der Waals surface area contributed by atoms with E-state index < -0.39 is 0 Å². The number of aromatic nitrogens is 3. The third-order valence-corrected chi connectivity index (χ3v) is 2.73. The lowest BCUT2D eigenvalue weighted by Gasteiger charge is -2.08. The van der Waals surface area contributed by atoms with Crippen molar-refractivity contribution in [2.24, 2.45) is 5.84 Å². The van der Waals surface area contributed by atoms with Gasteiger partial charge in [0.25, 0.3) is 5.91 Å². The maximum atomic E-state index is 12.0. The second-order valence-electron chi connectivity index (χ2n) is 3.59. The summed E-state index contributed by atoms with van der Waals surface area (Å²) in [6, 6.07) is 5.16. The smallest absolute Gasteiger partial charge is 0.255 e. The van der Waals surface area contributed by atoms with Crippen molar-refractivity contribution in [2.45, 2.75) is 6.54 Å². The van der Waals surface area contributed by atoms with Crippen LogP contribution in [0, 0.1) is 0 Å². The van der Waals surface area contributed by atoms with E-state index in [0.29, 0.717) is 21.5 Å². The third kappa shape index (κ3) is 3.46. The Morgan fingerprint density at radius 3 is 3.00 bits per heavy atom. The molecule has 0 radical (unpaired) electrons. The normalized spacial score (nSPS) is 10.0. The second kappa shape index (κ2) is 6.21. The van der Waals surface area contributed by atoms with Gasteiger partial charge in [-0.1, -0.05) is 0 Å². The van der Waals surface area contributed by atoms with E-state index in [1.54, 1.807) is 30.6 Å². The van der Waals surface area contributed by atoms with E-state index in [9.17, 15) is 4.79 Å². The molecule has 0 fully saturated rings. The molecular formula is C11H11BrN6O. The largest absolute Gasteiger partial charge is 0.346 e. The lowest BCUT2D eigenvalue weighted by molar-refractivity contribution is 0.0950. The lowest BCUT2D eigenvalue weighted by Crippen LogP contribution is -2.25. The highest BCUT2D eigenvalue weighted by Gasteiger charge is 2.12. The summed E-state index contributed by atoms with van der Waals surface area (Å²) < 4.78 is 0.691. The molecule has 2 aromatic heterocycles. The Morgan fingerprint density at radius 2 is 2.32 bits per heavy atom.